The largest absolute Gasteiger partial charge is 0.461 e. The van der Waals surface area contributed by atoms with Gasteiger partial charge in [0.1, 0.15) is 29.7 Å². The summed E-state index contributed by atoms with van der Waals surface area (Å²) in [6.07, 6.45) is 2.95. The Morgan fingerprint density at radius 2 is 2.07 bits per heavy atom. The molecule has 0 spiro atoms. The summed E-state index contributed by atoms with van der Waals surface area (Å²) in [5.41, 5.74) is -2.40. The number of carbonyl (C=O) groups excluding carboxylic acids is 1. The molecular weight excluding hydrogens is 558 g/mol. The van der Waals surface area contributed by atoms with Crippen LogP contribution in [-0.2, 0) is 9.47 Å². The number of rotatable bonds is 6. The Morgan fingerprint density at radius 1 is 1.24 bits per heavy atom. The number of hydrogen-bond acceptors (Lipinski definition) is 9. The van der Waals surface area contributed by atoms with E-state index >= 15 is 4.39 Å². The Hall–Kier alpha value is -2.57. The number of anilines is 1. The number of amides is 1. The minimum Gasteiger partial charge on any atom is -0.461 e. The summed E-state index contributed by atoms with van der Waals surface area (Å²) in [6.45, 7) is 6.72. The Balaban J connectivity index is 1.36. The van der Waals surface area contributed by atoms with Crippen LogP contribution in [0.5, 0.6) is 6.01 Å². The van der Waals surface area contributed by atoms with Crippen LogP contribution in [0.2, 0.25) is 5.15 Å². The lowest BCUT2D eigenvalue weighted by atomic mass is 9.95. The minimum atomic E-state index is -2.69. The molecular formula is C28H37ClF2N6O4. The molecule has 4 fully saturated rings. The van der Waals surface area contributed by atoms with E-state index in [4.69, 9.17) is 34.9 Å². The molecule has 0 unspecified atom stereocenters. The lowest BCUT2D eigenvalue weighted by Gasteiger charge is -2.49. The maximum absolute atomic E-state index is 15.4. The normalized spacial score (nSPS) is 31.2. The number of pyridine rings is 1. The molecule has 6 rings (SSSR count). The van der Waals surface area contributed by atoms with Crippen molar-refractivity contribution in [2.24, 2.45) is 0 Å². The molecule has 41 heavy (non-hydrogen) atoms. The molecule has 0 saturated carbocycles. The zero-order valence-corrected chi connectivity index (χ0v) is 24.2. The van der Waals surface area contributed by atoms with Crippen LogP contribution in [-0.4, -0.2) is 106 Å². The molecule has 0 aromatic carbocycles. The Bertz CT molecular complexity index is 1450. The zero-order valence-electron chi connectivity index (χ0n) is 26.5. The number of piperazine rings is 1. The van der Waals surface area contributed by atoms with E-state index in [0.717, 1.165) is 19.4 Å². The van der Waals surface area contributed by atoms with Gasteiger partial charge in [-0.1, -0.05) is 11.6 Å². The van der Waals surface area contributed by atoms with Gasteiger partial charge in [-0.25, -0.2) is 18.6 Å². The first-order valence-electron chi connectivity index (χ1n) is 15.5. The predicted molar refractivity (Wildman–Crippen MR) is 149 cm³/mol. The summed E-state index contributed by atoms with van der Waals surface area (Å²) in [5.74, 6) is -0.531. The number of methoxy groups -OCH3 is 1. The molecule has 4 saturated heterocycles. The monoisotopic (exact) mass is 597 g/mol. The topological polar surface area (TPSA) is 93.2 Å². The molecule has 0 aliphatic carbocycles. The second kappa shape index (κ2) is 10.3. The molecule has 224 valence electrons. The van der Waals surface area contributed by atoms with Gasteiger partial charge in [0.15, 0.2) is 11.0 Å². The number of nitrogens with zero attached hydrogens (tertiary/aromatic N) is 6. The second-order valence-corrected chi connectivity index (χ2v) is 13.1. The molecule has 0 radical (unpaired) electrons. The van der Waals surface area contributed by atoms with E-state index in [-0.39, 0.29) is 47.9 Å². The number of ether oxygens (including phenoxy) is 3. The van der Waals surface area contributed by atoms with Gasteiger partial charge in [-0.05, 0) is 53.0 Å². The molecule has 2 aromatic heterocycles. The summed E-state index contributed by atoms with van der Waals surface area (Å²) in [4.78, 5) is 32.0. The van der Waals surface area contributed by atoms with E-state index < -0.39 is 41.8 Å². The maximum Gasteiger partial charge on any atom is 0.411 e. The molecule has 13 heteroatoms. The summed E-state index contributed by atoms with van der Waals surface area (Å²) in [6, 6.07) is -0.462. The van der Waals surface area contributed by atoms with Gasteiger partial charge >= 0.3 is 12.1 Å². The van der Waals surface area contributed by atoms with Crippen LogP contribution in [0.15, 0.2) is 6.20 Å². The highest BCUT2D eigenvalue weighted by Crippen LogP contribution is 2.44. The van der Waals surface area contributed by atoms with Crippen LogP contribution < -0.4 is 9.64 Å². The molecule has 0 N–H and O–H groups in total. The van der Waals surface area contributed by atoms with Crippen molar-refractivity contribution in [3.8, 4) is 6.01 Å². The quantitative estimate of drug-likeness (QED) is 0.450. The van der Waals surface area contributed by atoms with Gasteiger partial charge in [0.05, 0.1) is 33.2 Å². The van der Waals surface area contributed by atoms with Gasteiger partial charge in [0.2, 0.25) is 0 Å². The first-order chi connectivity index (χ1) is 20.6. The highest BCUT2D eigenvalue weighted by Gasteiger charge is 2.55. The van der Waals surface area contributed by atoms with Gasteiger partial charge in [-0.15, -0.1) is 0 Å². The highest BCUT2D eigenvalue weighted by atomic mass is 35.5. The van der Waals surface area contributed by atoms with E-state index in [2.05, 4.69) is 14.9 Å². The van der Waals surface area contributed by atoms with E-state index in [1.165, 1.54) is 6.20 Å². The molecule has 6 heterocycles. The molecule has 2 aromatic rings. The van der Waals surface area contributed by atoms with E-state index in [0.29, 0.717) is 38.2 Å². The third-order valence-corrected chi connectivity index (χ3v) is 9.06. The number of alkyl halides is 1. The predicted octanol–water partition coefficient (Wildman–Crippen LogP) is 4.38. The van der Waals surface area contributed by atoms with Crippen molar-refractivity contribution in [1.29, 1.82) is 0 Å². The summed E-state index contributed by atoms with van der Waals surface area (Å²) in [5, 5.41) is -0.0799. The summed E-state index contributed by atoms with van der Waals surface area (Å²) in [7, 11) is -2.69. The van der Waals surface area contributed by atoms with Crippen molar-refractivity contribution >= 4 is 34.4 Å². The fourth-order valence-electron chi connectivity index (χ4n) is 7.16. The smallest absolute Gasteiger partial charge is 0.411 e. The van der Waals surface area contributed by atoms with Crippen LogP contribution in [0.1, 0.15) is 57.0 Å². The first kappa shape index (κ1) is 25.0. The Labute approximate surface area is 247 Å². The van der Waals surface area contributed by atoms with E-state index in [1.807, 2.05) is 4.90 Å². The van der Waals surface area contributed by atoms with Gasteiger partial charge in [0, 0.05) is 39.3 Å². The average molecular weight is 598 g/mol. The fraction of sp³-hybridized carbons (Fsp3) is 0.714. The second-order valence-electron chi connectivity index (χ2n) is 12.8. The molecule has 10 nitrogen and oxygen atoms in total. The van der Waals surface area contributed by atoms with Gasteiger partial charge < -0.3 is 19.1 Å². The van der Waals surface area contributed by atoms with Gasteiger partial charge in [0.25, 0.3) is 0 Å². The minimum absolute atomic E-state index is 0.0877. The Kier molecular flexibility index (Phi) is 6.28. The molecule has 1 amide bonds. The highest BCUT2D eigenvalue weighted by molar-refractivity contribution is 6.30. The van der Waals surface area contributed by atoms with Crippen molar-refractivity contribution in [3.05, 3.63) is 17.2 Å². The van der Waals surface area contributed by atoms with Crippen molar-refractivity contribution in [2.45, 2.75) is 81.8 Å². The maximum atomic E-state index is 15.4. The molecule has 4 aliphatic rings. The molecule has 4 atom stereocenters. The van der Waals surface area contributed by atoms with Crippen LogP contribution in [0, 0.1) is 5.82 Å². The van der Waals surface area contributed by atoms with Crippen LogP contribution >= 0.6 is 11.6 Å². The fourth-order valence-corrected chi connectivity index (χ4v) is 7.30. The van der Waals surface area contributed by atoms with E-state index in [1.54, 1.807) is 25.7 Å². The third kappa shape index (κ3) is 5.05. The average Bonchev–Trinajstić information content (AvgIpc) is 3.53. The van der Waals surface area contributed by atoms with Crippen molar-refractivity contribution in [3.63, 3.8) is 0 Å². The van der Waals surface area contributed by atoms with Crippen molar-refractivity contribution in [2.75, 3.05) is 51.3 Å². The van der Waals surface area contributed by atoms with E-state index in [9.17, 15) is 9.18 Å². The number of fused-ring (bicyclic) bond motifs is 4. The van der Waals surface area contributed by atoms with Crippen molar-refractivity contribution < 1.29 is 31.9 Å². The molecule has 2 bridgehead atoms. The van der Waals surface area contributed by atoms with Crippen LogP contribution in [0.25, 0.3) is 10.9 Å². The third-order valence-electron chi connectivity index (χ3n) is 8.80. The number of halogens is 3. The Morgan fingerprint density at radius 3 is 2.85 bits per heavy atom. The molecule has 4 aliphatic heterocycles. The zero-order chi connectivity index (χ0) is 31.7. The lowest BCUT2D eigenvalue weighted by molar-refractivity contribution is -0.0261. The van der Waals surface area contributed by atoms with Crippen LogP contribution in [0.3, 0.4) is 0 Å². The summed E-state index contributed by atoms with van der Waals surface area (Å²) < 4.78 is 69.9. The van der Waals surface area contributed by atoms with Gasteiger partial charge in [-0.2, -0.15) is 9.97 Å². The SMILES string of the molecule is [2H]C([2H])([2H])OC[C@@]12CC[C@@H](CN(c3nc(OC[C@@]45CCCN4C[C@H](F)C5)nc4c(F)c(Cl)ncc34)C1)N2C(=O)OC(C)(C)C. The number of hydrogen-bond donors (Lipinski definition) is 0. The summed E-state index contributed by atoms with van der Waals surface area (Å²) >= 11 is 6.04. The first-order valence-corrected chi connectivity index (χ1v) is 14.4. The van der Waals surface area contributed by atoms with Gasteiger partial charge in [-0.3, -0.25) is 9.80 Å². The van der Waals surface area contributed by atoms with Crippen LogP contribution in [0.4, 0.5) is 19.4 Å². The van der Waals surface area contributed by atoms with Crippen molar-refractivity contribution in [1.82, 2.24) is 24.8 Å². The number of carbonyl (C=O) groups is 1. The number of aromatic nitrogens is 3. The standard InChI is InChI=1S/C28H37ClF2N6O4/c1-26(2,3)41-25(38)37-18-6-8-28(37,15-39-4)14-35(13-18)23-19-11-32-22(29)20(31)21(19)33-24(34-23)40-16-27-7-5-9-36(27)12-17(30)10-27/h11,17-18H,5-10,12-16H2,1-4H3/t17-,18+,27+,28-/m1/s1/i4D3. The lowest BCUT2D eigenvalue weighted by Crippen LogP contribution is -2.66.